The molecule has 0 aliphatic rings. The Kier molecular flexibility index (Phi) is 8.65. The predicted molar refractivity (Wildman–Crippen MR) is 125 cm³/mol. The van der Waals surface area contributed by atoms with Gasteiger partial charge in [-0.2, -0.15) is 0 Å². The number of ether oxygens (including phenoxy) is 2. The number of hydrogen-bond acceptors (Lipinski definition) is 4. The lowest BCUT2D eigenvalue weighted by atomic mass is 10.1. The van der Waals surface area contributed by atoms with E-state index in [1.54, 1.807) is 12.3 Å². The van der Waals surface area contributed by atoms with Crippen LogP contribution in [0.25, 0.3) is 11.3 Å². The zero-order chi connectivity index (χ0) is 21.9. The van der Waals surface area contributed by atoms with E-state index in [0.29, 0.717) is 11.3 Å². The fourth-order valence-corrected chi connectivity index (χ4v) is 3.22. The molecule has 0 unspecified atom stereocenters. The molecule has 2 aromatic carbocycles. The molecule has 4 heteroatoms. The Labute approximate surface area is 185 Å². The second-order valence-electron chi connectivity index (χ2n) is 7.65. The van der Waals surface area contributed by atoms with Crippen LogP contribution >= 0.6 is 0 Å². The molecule has 0 atom stereocenters. The Bertz CT molecular complexity index is 932. The van der Waals surface area contributed by atoms with Crippen molar-refractivity contribution in [1.29, 1.82) is 0 Å². The smallest absolute Gasteiger partial charge is 0.343 e. The number of carbonyl (C=O) groups is 1. The highest BCUT2D eigenvalue weighted by atomic mass is 16.5. The Hall–Kier alpha value is -3.14. The third-order valence-electron chi connectivity index (χ3n) is 5.12. The van der Waals surface area contributed by atoms with Gasteiger partial charge < -0.3 is 9.47 Å². The van der Waals surface area contributed by atoms with Gasteiger partial charge in [0.25, 0.3) is 0 Å². The molecule has 0 N–H and O–H groups in total. The monoisotopic (exact) mass is 417 g/mol. The summed E-state index contributed by atoms with van der Waals surface area (Å²) in [5.74, 6) is 0.919. The van der Waals surface area contributed by atoms with Crippen LogP contribution in [0.5, 0.6) is 11.5 Å². The molecule has 0 saturated carbocycles. The van der Waals surface area contributed by atoms with E-state index in [0.717, 1.165) is 42.9 Å². The number of aryl methyl sites for hydroxylation is 1. The molecule has 0 fully saturated rings. The van der Waals surface area contributed by atoms with Crippen LogP contribution in [0.2, 0.25) is 0 Å². The van der Waals surface area contributed by atoms with Crippen LogP contribution < -0.4 is 9.47 Å². The summed E-state index contributed by atoms with van der Waals surface area (Å²) in [7, 11) is 0. The van der Waals surface area contributed by atoms with Gasteiger partial charge in [0.1, 0.15) is 11.5 Å². The fraction of sp³-hybridized carbons (Fsp3) is 0.333. The summed E-state index contributed by atoms with van der Waals surface area (Å²) in [6.45, 7) is 5.07. The predicted octanol–water partition coefficient (Wildman–Crippen LogP) is 6.88. The average molecular weight is 418 g/mol. The lowest BCUT2D eigenvalue weighted by molar-refractivity contribution is 0.0734. The van der Waals surface area contributed by atoms with E-state index in [1.165, 1.54) is 24.8 Å². The topological polar surface area (TPSA) is 48.4 Å². The molecular formula is C27H31NO3. The van der Waals surface area contributed by atoms with Crippen LogP contribution in [-0.4, -0.2) is 17.6 Å². The minimum atomic E-state index is -0.372. The summed E-state index contributed by atoms with van der Waals surface area (Å²) in [4.78, 5) is 16.9. The van der Waals surface area contributed by atoms with Gasteiger partial charge in [-0.1, -0.05) is 45.2 Å². The lowest BCUT2D eigenvalue weighted by Crippen LogP contribution is -2.08. The molecule has 3 rings (SSSR count). The second kappa shape index (κ2) is 11.9. The van der Waals surface area contributed by atoms with Crippen molar-refractivity contribution in [3.8, 4) is 22.8 Å². The third-order valence-corrected chi connectivity index (χ3v) is 5.12. The summed E-state index contributed by atoms with van der Waals surface area (Å²) >= 11 is 0. The molecule has 1 heterocycles. The quantitative estimate of drug-likeness (QED) is 0.252. The Morgan fingerprint density at radius 1 is 0.806 bits per heavy atom. The fourth-order valence-electron chi connectivity index (χ4n) is 3.22. The van der Waals surface area contributed by atoms with Gasteiger partial charge in [0.05, 0.1) is 24.1 Å². The number of nitrogens with zero attached hydrogens (tertiary/aromatic N) is 1. The van der Waals surface area contributed by atoms with Crippen LogP contribution in [-0.2, 0) is 6.42 Å². The van der Waals surface area contributed by atoms with Crippen molar-refractivity contribution in [2.24, 2.45) is 0 Å². The zero-order valence-electron chi connectivity index (χ0n) is 18.5. The molecule has 162 valence electrons. The molecule has 1 aromatic heterocycles. The summed E-state index contributed by atoms with van der Waals surface area (Å²) in [5.41, 5.74) is 3.59. The van der Waals surface area contributed by atoms with E-state index in [-0.39, 0.29) is 5.97 Å². The standard InChI is InChI=1S/C27H31NO3/c1-3-5-7-8-21-9-11-23(12-10-21)27(29)31-25-17-18-26(28-20-25)22-13-15-24(16-14-22)30-19-6-4-2/h9-18,20H,3-8,19H2,1-2H3. The molecule has 3 aromatic rings. The van der Waals surface area contributed by atoms with Crippen LogP contribution in [0.15, 0.2) is 66.9 Å². The molecule has 0 aliphatic carbocycles. The van der Waals surface area contributed by atoms with Gasteiger partial charge in [-0.3, -0.25) is 4.98 Å². The number of hydrogen-bond donors (Lipinski definition) is 0. The summed E-state index contributed by atoms with van der Waals surface area (Å²) in [6.07, 6.45) is 8.39. The van der Waals surface area contributed by atoms with Gasteiger partial charge in [0, 0.05) is 5.56 Å². The first-order valence-electron chi connectivity index (χ1n) is 11.2. The number of benzene rings is 2. The van der Waals surface area contributed by atoms with Gasteiger partial charge >= 0.3 is 5.97 Å². The van der Waals surface area contributed by atoms with Crippen molar-refractivity contribution < 1.29 is 14.3 Å². The highest BCUT2D eigenvalue weighted by Gasteiger charge is 2.09. The molecule has 4 nitrogen and oxygen atoms in total. The third kappa shape index (κ3) is 6.95. The van der Waals surface area contributed by atoms with E-state index in [9.17, 15) is 4.79 Å². The molecule has 31 heavy (non-hydrogen) atoms. The highest BCUT2D eigenvalue weighted by Crippen LogP contribution is 2.23. The molecule has 0 aliphatic heterocycles. The Morgan fingerprint density at radius 2 is 1.52 bits per heavy atom. The highest BCUT2D eigenvalue weighted by molar-refractivity contribution is 5.91. The number of carbonyl (C=O) groups excluding carboxylic acids is 1. The van der Waals surface area contributed by atoms with E-state index in [4.69, 9.17) is 9.47 Å². The van der Waals surface area contributed by atoms with Crippen molar-refractivity contribution in [3.05, 3.63) is 78.0 Å². The molecule has 0 amide bonds. The summed E-state index contributed by atoms with van der Waals surface area (Å²) in [5, 5.41) is 0. The summed E-state index contributed by atoms with van der Waals surface area (Å²) in [6, 6.07) is 19.2. The second-order valence-corrected chi connectivity index (χ2v) is 7.65. The minimum Gasteiger partial charge on any atom is -0.494 e. The van der Waals surface area contributed by atoms with Crippen molar-refractivity contribution >= 4 is 5.97 Å². The van der Waals surface area contributed by atoms with E-state index >= 15 is 0 Å². The number of esters is 1. The number of pyridine rings is 1. The largest absolute Gasteiger partial charge is 0.494 e. The van der Waals surface area contributed by atoms with Crippen LogP contribution in [0.1, 0.15) is 61.9 Å². The van der Waals surface area contributed by atoms with E-state index in [1.807, 2.05) is 54.6 Å². The van der Waals surface area contributed by atoms with Gasteiger partial charge in [0.15, 0.2) is 0 Å². The Morgan fingerprint density at radius 3 is 2.16 bits per heavy atom. The first-order chi connectivity index (χ1) is 15.2. The molecular weight excluding hydrogens is 386 g/mol. The van der Waals surface area contributed by atoms with E-state index in [2.05, 4.69) is 18.8 Å². The average Bonchev–Trinajstić information content (AvgIpc) is 2.81. The molecule has 0 bridgehead atoms. The normalized spacial score (nSPS) is 10.6. The first-order valence-corrected chi connectivity index (χ1v) is 11.2. The van der Waals surface area contributed by atoms with Crippen LogP contribution in [0, 0.1) is 0 Å². The van der Waals surface area contributed by atoms with Crippen molar-refractivity contribution in [2.45, 2.75) is 52.4 Å². The van der Waals surface area contributed by atoms with Crippen molar-refractivity contribution in [2.75, 3.05) is 6.61 Å². The molecule has 0 radical (unpaired) electrons. The minimum absolute atomic E-state index is 0.372. The van der Waals surface area contributed by atoms with Crippen LogP contribution in [0.4, 0.5) is 0 Å². The zero-order valence-corrected chi connectivity index (χ0v) is 18.5. The Balaban J connectivity index is 1.55. The van der Waals surface area contributed by atoms with Crippen molar-refractivity contribution in [3.63, 3.8) is 0 Å². The SMILES string of the molecule is CCCCCc1ccc(C(=O)Oc2ccc(-c3ccc(OCCCC)cc3)nc2)cc1. The number of aromatic nitrogens is 1. The number of rotatable bonds is 11. The van der Waals surface area contributed by atoms with Crippen molar-refractivity contribution in [1.82, 2.24) is 4.98 Å². The molecule has 0 saturated heterocycles. The summed E-state index contributed by atoms with van der Waals surface area (Å²) < 4.78 is 11.2. The van der Waals surface area contributed by atoms with Gasteiger partial charge in [-0.05, 0) is 73.4 Å². The van der Waals surface area contributed by atoms with E-state index < -0.39 is 0 Å². The van der Waals surface area contributed by atoms with Crippen LogP contribution in [0.3, 0.4) is 0 Å². The lowest BCUT2D eigenvalue weighted by Gasteiger charge is -2.08. The van der Waals surface area contributed by atoms with Gasteiger partial charge in [-0.15, -0.1) is 0 Å². The maximum atomic E-state index is 12.4. The molecule has 0 spiro atoms. The van der Waals surface area contributed by atoms with Gasteiger partial charge in [0.2, 0.25) is 0 Å². The number of unbranched alkanes of at least 4 members (excludes halogenated alkanes) is 3. The maximum absolute atomic E-state index is 12.4. The van der Waals surface area contributed by atoms with Gasteiger partial charge in [-0.25, -0.2) is 4.79 Å². The maximum Gasteiger partial charge on any atom is 0.343 e. The first kappa shape index (κ1) is 22.5.